The minimum atomic E-state index is 0.627. The second kappa shape index (κ2) is 8.50. The highest BCUT2D eigenvalue weighted by Gasteiger charge is 2.32. The van der Waals surface area contributed by atoms with Gasteiger partial charge in [-0.1, -0.05) is 32.8 Å². The highest BCUT2D eigenvalue weighted by Crippen LogP contribution is 2.31. The van der Waals surface area contributed by atoms with Crippen molar-refractivity contribution in [2.75, 3.05) is 13.6 Å². The third-order valence-corrected chi connectivity index (χ3v) is 4.96. The molecule has 1 aliphatic rings. The number of pyridine rings is 1. The summed E-state index contributed by atoms with van der Waals surface area (Å²) >= 11 is 0. The Morgan fingerprint density at radius 1 is 1.29 bits per heavy atom. The van der Waals surface area contributed by atoms with Crippen molar-refractivity contribution in [1.29, 1.82) is 0 Å². The van der Waals surface area contributed by atoms with E-state index in [4.69, 9.17) is 0 Å². The summed E-state index contributed by atoms with van der Waals surface area (Å²) in [5.41, 5.74) is 1.19. The number of nitrogens with zero attached hydrogens (tertiary/aromatic N) is 2. The predicted molar refractivity (Wildman–Crippen MR) is 89.2 cm³/mol. The monoisotopic (exact) mass is 289 g/mol. The molecule has 1 aliphatic carbocycles. The molecule has 1 aromatic rings. The Morgan fingerprint density at radius 3 is 2.76 bits per heavy atom. The highest BCUT2D eigenvalue weighted by atomic mass is 15.2. The lowest BCUT2D eigenvalue weighted by Crippen LogP contribution is -2.52. The Labute approximate surface area is 130 Å². The van der Waals surface area contributed by atoms with Gasteiger partial charge in [0.1, 0.15) is 0 Å². The molecule has 0 aromatic carbocycles. The van der Waals surface area contributed by atoms with Gasteiger partial charge in [-0.05, 0) is 50.9 Å². The van der Waals surface area contributed by atoms with Crippen molar-refractivity contribution in [2.45, 2.75) is 64.6 Å². The van der Waals surface area contributed by atoms with Gasteiger partial charge in [0, 0.05) is 24.8 Å². The number of rotatable bonds is 7. The number of hydrogen-bond donors (Lipinski definition) is 1. The third-order valence-electron chi connectivity index (χ3n) is 4.96. The number of aromatic nitrogens is 1. The van der Waals surface area contributed by atoms with Crippen molar-refractivity contribution in [3.63, 3.8) is 0 Å². The van der Waals surface area contributed by atoms with Crippen LogP contribution in [0.3, 0.4) is 0 Å². The summed E-state index contributed by atoms with van der Waals surface area (Å²) in [4.78, 5) is 7.12. The molecular formula is C18H31N3. The van der Waals surface area contributed by atoms with Crippen LogP contribution < -0.4 is 5.32 Å². The lowest BCUT2D eigenvalue weighted by molar-refractivity contribution is 0.0941. The Kier molecular flexibility index (Phi) is 6.65. The number of nitrogens with one attached hydrogen (secondary N) is 1. The molecule has 0 saturated heterocycles. The molecule has 0 amide bonds. The van der Waals surface area contributed by atoms with Crippen LogP contribution in [0.25, 0.3) is 0 Å². The quantitative estimate of drug-likeness (QED) is 0.833. The fourth-order valence-electron chi connectivity index (χ4n) is 3.81. The van der Waals surface area contributed by atoms with Crippen molar-refractivity contribution in [3.8, 4) is 0 Å². The molecule has 2 rings (SSSR count). The first-order valence-corrected chi connectivity index (χ1v) is 8.59. The van der Waals surface area contributed by atoms with E-state index < -0.39 is 0 Å². The summed E-state index contributed by atoms with van der Waals surface area (Å²) in [5, 5.41) is 3.56. The van der Waals surface area contributed by atoms with Crippen LogP contribution >= 0.6 is 0 Å². The molecule has 1 aromatic heterocycles. The molecule has 3 unspecified atom stereocenters. The average molecular weight is 289 g/mol. The van der Waals surface area contributed by atoms with Gasteiger partial charge in [-0.2, -0.15) is 0 Å². The van der Waals surface area contributed by atoms with Crippen LogP contribution in [0, 0.1) is 5.92 Å². The Morgan fingerprint density at radius 2 is 2.14 bits per heavy atom. The summed E-state index contributed by atoms with van der Waals surface area (Å²) < 4.78 is 0. The minimum absolute atomic E-state index is 0.627. The van der Waals surface area contributed by atoms with E-state index in [1.807, 2.05) is 12.3 Å². The lowest BCUT2D eigenvalue weighted by atomic mass is 9.79. The molecule has 0 aliphatic heterocycles. The third kappa shape index (κ3) is 4.52. The van der Waals surface area contributed by atoms with Gasteiger partial charge in [0.15, 0.2) is 0 Å². The van der Waals surface area contributed by atoms with Crippen LogP contribution in [0.2, 0.25) is 0 Å². The SMILES string of the molecule is CCCC1CCC(NC)C(N(CC)Cc2ccccn2)C1. The van der Waals surface area contributed by atoms with Gasteiger partial charge in [0.2, 0.25) is 0 Å². The normalized spacial score (nSPS) is 26.2. The van der Waals surface area contributed by atoms with Crippen molar-refractivity contribution < 1.29 is 0 Å². The fourth-order valence-corrected chi connectivity index (χ4v) is 3.81. The lowest BCUT2D eigenvalue weighted by Gasteiger charge is -2.42. The van der Waals surface area contributed by atoms with E-state index in [-0.39, 0.29) is 0 Å². The van der Waals surface area contributed by atoms with Crippen LogP contribution in [-0.4, -0.2) is 35.6 Å². The van der Waals surface area contributed by atoms with E-state index in [0.29, 0.717) is 12.1 Å². The van der Waals surface area contributed by atoms with Crippen LogP contribution in [-0.2, 0) is 6.54 Å². The summed E-state index contributed by atoms with van der Waals surface area (Å²) in [6, 6.07) is 7.50. The van der Waals surface area contributed by atoms with Gasteiger partial charge >= 0.3 is 0 Å². The second-order valence-corrected chi connectivity index (χ2v) is 6.31. The van der Waals surface area contributed by atoms with Gasteiger partial charge in [-0.25, -0.2) is 0 Å². The zero-order chi connectivity index (χ0) is 15.1. The molecule has 1 N–H and O–H groups in total. The molecular weight excluding hydrogens is 258 g/mol. The maximum absolute atomic E-state index is 4.51. The standard InChI is InChI=1S/C18H31N3/c1-4-8-15-10-11-17(19-3)18(13-15)21(5-2)14-16-9-6-7-12-20-16/h6-7,9,12,15,17-19H,4-5,8,10-11,13-14H2,1-3H3. The molecule has 0 bridgehead atoms. The van der Waals surface area contributed by atoms with E-state index >= 15 is 0 Å². The summed E-state index contributed by atoms with van der Waals surface area (Å²) in [7, 11) is 2.12. The van der Waals surface area contributed by atoms with Crippen molar-refractivity contribution in [2.24, 2.45) is 5.92 Å². The average Bonchev–Trinajstić information content (AvgIpc) is 2.54. The predicted octanol–water partition coefficient (Wildman–Crippen LogP) is 3.46. The molecule has 1 fully saturated rings. The Balaban J connectivity index is 2.05. The first-order chi connectivity index (χ1) is 10.3. The molecule has 118 valence electrons. The first-order valence-electron chi connectivity index (χ1n) is 8.59. The largest absolute Gasteiger partial charge is 0.315 e. The van der Waals surface area contributed by atoms with E-state index in [2.05, 4.69) is 48.2 Å². The minimum Gasteiger partial charge on any atom is -0.315 e. The van der Waals surface area contributed by atoms with Crippen molar-refractivity contribution in [1.82, 2.24) is 15.2 Å². The molecule has 3 nitrogen and oxygen atoms in total. The van der Waals surface area contributed by atoms with Crippen molar-refractivity contribution in [3.05, 3.63) is 30.1 Å². The summed E-state index contributed by atoms with van der Waals surface area (Å²) in [6.07, 6.45) is 8.63. The molecule has 3 heteroatoms. The Bertz CT molecular complexity index is 393. The van der Waals surface area contributed by atoms with Crippen LogP contribution in [0.5, 0.6) is 0 Å². The van der Waals surface area contributed by atoms with Crippen LogP contribution in [0.4, 0.5) is 0 Å². The Hall–Kier alpha value is -0.930. The van der Waals surface area contributed by atoms with Crippen molar-refractivity contribution >= 4 is 0 Å². The number of likely N-dealkylation sites (N-methyl/N-ethyl adjacent to an activating group) is 2. The molecule has 1 saturated carbocycles. The van der Waals surface area contributed by atoms with Crippen LogP contribution in [0.1, 0.15) is 51.6 Å². The molecule has 0 spiro atoms. The highest BCUT2D eigenvalue weighted by molar-refractivity contribution is 5.04. The molecule has 1 heterocycles. The molecule has 3 atom stereocenters. The maximum Gasteiger partial charge on any atom is 0.0544 e. The number of hydrogen-bond acceptors (Lipinski definition) is 3. The van der Waals surface area contributed by atoms with Gasteiger partial charge in [-0.3, -0.25) is 9.88 Å². The van der Waals surface area contributed by atoms with E-state index in [1.54, 1.807) is 0 Å². The molecule has 21 heavy (non-hydrogen) atoms. The first kappa shape index (κ1) is 16.4. The summed E-state index contributed by atoms with van der Waals surface area (Å²) in [6.45, 7) is 6.65. The molecule has 0 radical (unpaired) electrons. The van der Waals surface area contributed by atoms with E-state index in [9.17, 15) is 0 Å². The van der Waals surface area contributed by atoms with Gasteiger partial charge in [-0.15, -0.1) is 0 Å². The van der Waals surface area contributed by atoms with E-state index in [0.717, 1.165) is 19.0 Å². The van der Waals surface area contributed by atoms with E-state index in [1.165, 1.54) is 37.8 Å². The van der Waals surface area contributed by atoms with Gasteiger partial charge in [0.25, 0.3) is 0 Å². The van der Waals surface area contributed by atoms with Gasteiger partial charge in [0.05, 0.1) is 5.69 Å². The maximum atomic E-state index is 4.51. The van der Waals surface area contributed by atoms with Gasteiger partial charge < -0.3 is 5.32 Å². The zero-order valence-electron chi connectivity index (χ0n) is 13.9. The second-order valence-electron chi connectivity index (χ2n) is 6.31. The van der Waals surface area contributed by atoms with Crippen LogP contribution in [0.15, 0.2) is 24.4 Å². The smallest absolute Gasteiger partial charge is 0.0544 e. The zero-order valence-corrected chi connectivity index (χ0v) is 13.9. The topological polar surface area (TPSA) is 28.2 Å². The fraction of sp³-hybridized carbons (Fsp3) is 0.722. The summed E-state index contributed by atoms with van der Waals surface area (Å²) in [5.74, 6) is 0.905.